The van der Waals surface area contributed by atoms with Crippen LogP contribution in [0.5, 0.6) is 5.75 Å². The maximum atomic E-state index is 12.6. The van der Waals surface area contributed by atoms with Crippen LogP contribution < -0.4 is 10.1 Å². The van der Waals surface area contributed by atoms with Gasteiger partial charge in [-0.25, -0.2) is 4.79 Å². The van der Waals surface area contributed by atoms with E-state index < -0.39 is 0 Å². The van der Waals surface area contributed by atoms with Crippen molar-refractivity contribution in [3.63, 3.8) is 0 Å². The number of benzene rings is 1. The summed E-state index contributed by atoms with van der Waals surface area (Å²) in [5.41, 5.74) is 1.85. The minimum Gasteiger partial charge on any atom is -0.490 e. The maximum Gasteiger partial charge on any atom is 0.321 e. The Bertz CT molecular complexity index is 548. The van der Waals surface area contributed by atoms with Crippen LogP contribution in [0.25, 0.3) is 0 Å². The zero-order chi connectivity index (χ0) is 17.5. The minimum absolute atomic E-state index is 0.0494. The highest BCUT2D eigenvalue weighted by atomic mass is 16.5. The molecule has 0 saturated carbocycles. The van der Waals surface area contributed by atoms with Crippen molar-refractivity contribution in [2.75, 3.05) is 65.8 Å². The van der Waals surface area contributed by atoms with Crippen molar-refractivity contribution < 1.29 is 9.53 Å². The number of carbonyl (C=O) groups is 1. The summed E-state index contributed by atoms with van der Waals surface area (Å²) in [6, 6.07) is 5.83. The van der Waals surface area contributed by atoms with Crippen LogP contribution in [0.2, 0.25) is 0 Å². The highest BCUT2D eigenvalue weighted by Gasteiger charge is 2.18. The molecule has 1 saturated heterocycles. The van der Waals surface area contributed by atoms with Gasteiger partial charge in [-0.15, -0.1) is 0 Å². The third-order valence-electron chi connectivity index (χ3n) is 4.18. The first-order valence-corrected chi connectivity index (χ1v) is 8.58. The Labute approximate surface area is 145 Å². The van der Waals surface area contributed by atoms with E-state index in [0.29, 0.717) is 6.61 Å². The molecule has 1 fully saturated rings. The Morgan fingerprint density at radius 2 is 2.04 bits per heavy atom. The molecule has 1 aromatic rings. The Kier molecular flexibility index (Phi) is 6.87. The second-order valence-electron chi connectivity index (χ2n) is 6.73. The third kappa shape index (κ3) is 5.69. The zero-order valence-electron chi connectivity index (χ0n) is 15.3. The van der Waals surface area contributed by atoms with Gasteiger partial charge in [0.1, 0.15) is 12.4 Å². The van der Waals surface area contributed by atoms with Gasteiger partial charge in [-0.05, 0) is 58.7 Å². The highest BCUT2D eigenvalue weighted by molar-refractivity contribution is 5.91. The van der Waals surface area contributed by atoms with Gasteiger partial charge in [0.2, 0.25) is 0 Å². The number of hydrogen-bond acceptors (Lipinski definition) is 4. The molecule has 134 valence electrons. The number of carbonyl (C=O) groups excluding carboxylic acids is 1. The average molecular weight is 334 g/mol. The molecule has 1 aliphatic heterocycles. The van der Waals surface area contributed by atoms with E-state index in [1.54, 1.807) is 0 Å². The Morgan fingerprint density at radius 1 is 1.25 bits per heavy atom. The number of aryl methyl sites for hydroxylation is 1. The SMILES string of the molecule is Cc1ccc(NC(=O)N2CCCN(C)CC2)c(OCCN(C)C)c1. The fraction of sp³-hybridized carbons (Fsp3) is 0.611. The van der Waals surface area contributed by atoms with Crippen molar-refractivity contribution in [3.8, 4) is 5.75 Å². The molecule has 24 heavy (non-hydrogen) atoms. The fourth-order valence-corrected chi connectivity index (χ4v) is 2.63. The molecule has 2 amide bonds. The number of rotatable bonds is 5. The van der Waals surface area contributed by atoms with Crippen LogP contribution >= 0.6 is 0 Å². The first-order chi connectivity index (χ1) is 11.5. The van der Waals surface area contributed by atoms with Crippen LogP contribution in [-0.4, -0.2) is 81.2 Å². The summed E-state index contributed by atoms with van der Waals surface area (Å²) < 4.78 is 5.88. The summed E-state index contributed by atoms with van der Waals surface area (Å²) in [7, 11) is 6.12. The van der Waals surface area contributed by atoms with Crippen molar-refractivity contribution in [2.45, 2.75) is 13.3 Å². The minimum atomic E-state index is -0.0494. The lowest BCUT2D eigenvalue weighted by Gasteiger charge is -2.22. The highest BCUT2D eigenvalue weighted by Crippen LogP contribution is 2.26. The van der Waals surface area contributed by atoms with E-state index in [0.717, 1.165) is 56.1 Å². The zero-order valence-corrected chi connectivity index (χ0v) is 15.3. The fourth-order valence-electron chi connectivity index (χ4n) is 2.63. The van der Waals surface area contributed by atoms with Gasteiger partial charge in [-0.1, -0.05) is 6.07 Å². The summed E-state index contributed by atoms with van der Waals surface area (Å²) in [5, 5.41) is 3.02. The van der Waals surface area contributed by atoms with Crippen molar-refractivity contribution in [2.24, 2.45) is 0 Å². The van der Waals surface area contributed by atoms with Crippen LogP contribution in [0.15, 0.2) is 18.2 Å². The van der Waals surface area contributed by atoms with E-state index in [4.69, 9.17) is 4.74 Å². The van der Waals surface area contributed by atoms with Crippen molar-refractivity contribution in [1.29, 1.82) is 0 Å². The lowest BCUT2D eigenvalue weighted by Crippen LogP contribution is -2.37. The number of hydrogen-bond donors (Lipinski definition) is 1. The van der Waals surface area contributed by atoms with Gasteiger partial charge in [-0.2, -0.15) is 0 Å². The average Bonchev–Trinajstić information content (AvgIpc) is 2.74. The van der Waals surface area contributed by atoms with Gasteiger partial charge in [0.25, 0.3) is 0 Å². The number of amides is 2. The van der Waals surface area contributed by atoms with E-state index in [2.05, 4.69) is 22.2 Å². The molecule has 0 bridgehead atoms. The molecule has 1 aliphatic rings. The number of likely N-dealkylation sites (N-methyl/N-ethyl adjacent to an activating group) is 2. The van der Waals surface area contributed by atoms with E-state index in [9.17, 15) is 4.79 Å². The quantitative estimate of drug-likeness (QED) is 0.896. The number of nitrogens with one attached hydrogen (secondary N) is 1. The number of urea groups is 1. The molecule has 1 aromatic carbocycles. The molecule has 0 aliphatic carbocycles. The molecule has 1 heterocycles. The van der Waals surface area contributed by atoms with Gasteiger partial charge in [0.15, 0.2) is 0 Å². The van der Waals surface area contributed by atoms with Gasteiger partial charge in [0, 0.05) is 26.2 Å². The molecule has 6 heteroatoms. The molecule has 0 aromatic heterocycles. The second-order valence-corrected chi connectivity index (χ2v) is 6.73. The normalized spacial score (nSPS) is 16.1. The molecule has 1 N–H and O–H groups in total. The van der Waals surface area contributed by atoms with Gasteiger partial charge in [0.05, 0.1) is 5.69 Å². The van der Waals surface area contributed by atoms with E-state index in [1.807, 2.05) is 44.1 Å². The lowest BCUT2D eigenvalue weighted by molar-refractivity contribution is 0.213. The summed E-state index contributed by atoms with van der Waals surface area (Å²) >= 11 is 0. The number of ether oxygens (including phenoxy) is 1. The smallest absolute Gasteiger partial charge is 0.321 e. The van der Waals surface area contributed by atoms with Crippen LogP contribution in [0.1, 0.15) is 12.0 Å². The predicted octanol–water partition coefficient (Wildman–Crippen LogP) is 2.10. The van der Waals surface area contributed by atoms with E-state index in [-0.39, 0.29) is 6.03 Å². The van der Waals surface area contributed by atoms with Crippen LogP contribution in [0.3, 0.4) is 0 Å². The topological polar surface area (TPSA) is 48.1 Å². The van der Waals surface area contributed by atoms with Crippen molar-refractivity contribution in [1.82, 2.24) is 14.7 Å². The second kappa shape index (κ2) is 8.89. The largest absolute Gasteiger partial charge is 0.490 e. The predicted molar refractivity (Wildman–Crippen MR) is 97.9 cm³/mol. The van der Waals surface area contributed by atoms with Crippen molar-refractivity contribution in [3.05, 3.63) is 23.8 Å². The van der Waals surface area contributed by atoms with Crippen LogP contribution in [-0.2, 0) is 0 Å². The molecular formula is C18H30N4O2. The number of nitrogens with zero attached hydrogens (tertiary/aromatic N) is 3. The molecule has 0 radical (unpaired) electrons. The Morgan fingerprint density at radius 3 is 2.79 bits per heavy atom. The Balaban J connectivity index is 2.00. The maximum absolute atomic E-state index is 12.6. The van der Waals surface area contributed by atoms with Gasteiger partial charge >= 0.3 is 6.03 Å². The molecule has 6 nitrogen and oxygen atoms in total. The Hall–Kier alpha value is -1.79. The molecule has 0 unspecified atom stereocenters. The lowest BCUT2D eigenvalue weighted by atomic mass is 10.2. The van der Waals surface area contributed by atoms with Gasteiger partial charge < -0.3 is 24.8 Å². The van der Waals surface area contributed by atoms with Crippen LogP contribution in [0, 0.1) is 6.92 Å². The van der Waals surface area contributed by atoms with Gasteiger partial charge in [-0.3, -0.25) is 0 Å². The monoisotopic (exact) mass is 334 g/mol. The summed E-state index contributed by atoms with van der Waals surface area (Å²) in [6.45, 7) is 6.94. The summed E-state index contributed by atoms with van der Waals surface area (Å²) in [4.78, 5) is 18.8. The molecule has 2 rings (SSSR count). The molecule has 0 spiro atoms. The standard InChI is InChI=1S/C18H30N4O2/c1-15-6-7-16(17(14-15)24-13-12-20(2)3)19-18(23)22-9-5-8-21(4)10-11-22/h6-7,14H,5,8-13H2,1-4H3,(H,19,23). The molecule has 0 atom stereocenters. The molecular weight excluding hydrogens is 304 g/mol. The van der Waals surface area contributed by atoms with Crippen LogP contribution in [0.4, 0.5) is 10.5 Å². The first-order valence-electron chi connectivity index (χ1n) is 8.58. The number of anilines is 1. The summed E-state index contributed by atoms with van der Waals surface area (Å²) in [5.74, 6) is 0.733. The van der Waals surface area contributed by atoms with E-state index >= 15 is 0 Å². The first kappa shape index (κ1) is 18.5. The van der Waals surface area contributed by atoms with Crippen molar-refractivity contribution >= 4 is 11.7 Å². The van der Waals surface area contributed by atoms with E-state index in [1.165, 1.54) is 0 Å². The third-order valence-corrected chi connectivity index (χ3v) is 4.18. The summed E-state index contributed by atoms with van der Waals surface area (Å²) in [6.07, 6.45) is 1.00.